The van der Waals surface area contributed by atoms with E-state index in [1.807, 2.05) is 4.90 Å². The summed E-state index contributed by atoms with van der Waals surface area (Å²) in [5, 5.41) is 0. The van der Waals surface area contributed by atoms with Gasteiger partial charge in [0.05, 0.1) is 11.8 Å². The van der Waals surface area contributed by atoms with Crippen LogP contribution in [0.1, 0.15) is 64.7 Å². The van der Waals surface area contributed by atoms with Crippen molar-refractivity contribution in [2.24, 2.45) is 11.8 Å². The quantitative estimate of drug-likeness (QED) is 0.747. The van der Waals surface area contributed by atoms with Crippen molar-refractivity contribution in [3.63, 3.8) is 0 Å². The Labute approximate surface area is 138 Å². The van der Waals surface area contributed by atoms with Crippen molar-refractivity contribution in [1.29, 1.82) is 0 Å². The van der Waals surface area contributed by atoms with Crippen LogP contribution in [-0.4, -0.2) is 46.7 Å². The molecule has 1 saturated carbocycles. The Morgan fingerprint density at radius 3 is 2.22 bits per heavy atom. The number of fused-ring (bicyclic) bond motifs is 1. The van der Waals surface area contributed by atoms with E-state index in [1.165, 1.54) is 11.3 Å². The average Bonchev–Trinajstić information content (AvgIpc) is 2.84. The summed E-state index contributed by atoms with van der Waals surface area (Å²) in [4.78, 5) is 40.8. The highest BCUT2D eigenvalue weighted by Crippen LogP contribution is 2.38. The lowest BCUT2D eigenvalue weighted by Gasteiger charge is -2.35. The number of nitrogens with zero attached hydrogens (tertiary/aromatic N) is 2. The molecule has 0 aromatic rings. The molecule has 0 radical (unpaired) electrons. The van der Waals surface area contributed by atoms with Gasteiger partial charge in [-0.2, -0.15) is 0 Å². The van der Waals surface area contributed by atoms with Gasteiger partial charge in [-0.3, -0.25) is 19.3 Å². The maximum absolute atomic E-state index is 12.5. The molecule has 2 aliphatic heterocycles. The number of amides is 3. The highest BCUT2D eigenvalue weighted by molar-refractivity contribution is 6.05. The van der Waals surface area contributed by atoms with E-state index in [0.29, 0.717) is 6.04 Å². The summed E-state index contributed by atoms with van der Waals surface area (Å²) in [6.45, 7) is 3.22. The van der Waals surface area contributed by atoms with Gasteiger partial charge in [0.25, 0.3) is 0 Å². The highest BCUT2D eigenvalue weighted by Gasteiger charge is 2.47. The molecule has 0 aromatic heterocycles. The molecular weight excluding hydrogens is 292 g/mol. The molecule has 2 heterocycles. The zero-order chi connectivity index (χ0) is 16.4. The largest absolute Gasteiger partial charge is 0.340 e. The number of imide groups is 1. The zero-order valence-electron chi connectivity index (χ0n) is 14.1. The Morgan fingerprint density at radius 1 is 1.00 bits per heavy atom. The Bertz CT molecular complexity index is 467. The average molecular weight is 320 g/mol. The predicted octanol–water partition coefficient (Wildman–Crippen LogP) is 2.34. The SMILES string of the molecule is CCC1CCCCN1C(=O)CCN1C(=O)C2CCCCC2C1=O. The van der Waals surface area contributed by atoms with Crippen LogP contribution < -0.4 is 0 Å². The van der Waals surface area contributed by atoms with E-state index >= 15 is 0 Å². The van der Waals surface area contributed by atoms with Crippen LogP contribution in [0, 0.1) is 11.8 Å². The van der Waals surface area contributed by atoms with Crippen LogP contribution in [0.4, 0.5) is 0 Å². The molecule has 3 atom stereocenters. The van der Waals surface area contributed by atoms with E-state index in [0.717, 1.165) is 51.5 Å². The van der Waals surface area contributed by atoms with Crippen LogP contribution in [0.15, 0.2) is 0 Å². The second-order valence-corrected chi connectivity index (χ2v) is 7.22. The molecule has 0 spiro atoms. The molecule has 23 heavy (non-hydrogen) atoms. The number of hydrogen-bond donors (Lipinski definition) is 0. The molecular formula is C18H28N2O3. The number of piperidine rings is 1. The van der Waals surface area contributed by atoms with Gasteiger partial charge in [-0.1, -0.05) is 19.8 Å². The summed E-state index contributed by atoms with van der Waals surface area (Å²) in [7, 11) is 0. The molecule has 1 aliphatic carbocycles. The minimum Gasteiger partial charge on any atom is -0.340 e. The van der Waals surface area contributed by atoms with Gasteiger partial charge in [0.2, 0.25) is 17.7 Å². The number of carbonyl (C=O) groups is 3. The summed E-state index contributed by atoms with van der Waals surface area (Å²) >= 11 is 0. The van der Waals surface area contributed by atoms with E-state index in [4.69, 9.17) is 0 Å². The van der Waals surface area contributed by atoms with Crippen molar-refractivity contribution in [1.82, 2.24) is 9.80 Å². The van der Waals surface area contributed by atoms with Crippen molar-refractivity contribution in [3.05, 3.63) is 0 Å². The van der Waals surface area contributed by atoms with Crippen LogP contribution in [0.5, 0.6) is 0 Å². The first kappa shape index (κ1) is 16.5. The molecule has 3 unspecified atom stereocenters. The third kappa shape index (κ3) is 3.15. The Hall–Kier alpha value is -1.39. The van der Waals surface area contributed by atoms with E-state index in [1.54, 1.807) is 0 Å². The molecule has 3 fully saturated rings. The Kier molecular flexibility index (Phi) is 5.02. The van der Waals surface area contributed by atoms with E-state index in [9.17, 15) is 14.4 Å². The lowest BCUT2D eigenvalue weighted by molar-refractivity contribution is -0.141. The fraction of sp³-hybridized carbons (Fsp3) is 0.833. The predicted molar refractivity (Wildman–Crippen MR) is 86.4 cm³/mol. The van der Waals surface area contributed by atoms with E-state index in [2.05, 4.69) is 6.92 Å². The first-order valence-electron chi connectivity index (χ1n) is 9.28. The van der Waals surface area contributed by atoms with Crippen molar-refractivity contribution in [2.75, 3.05) is 13.1 Å². The molecule has 3 aliphatic rings. The Balaban J connectivity index is 1.58. The van der Waals surface area contributed by atoms with Gasteiger partial charge < -0.3 is 4.90 Å². The van der Waals surface area contributed by atoms with E-state index in [-0.39, 0.29) is 42.5 Å². The van der Waals surface area contributed by atoms with Gasteiger partial charge in [-0.15, -0.1) is 0 Å². The third-order valence-corrected chi connectivity index (χ3v) is 5.90. The van der Waals surface area contributed by atoms with Crippen molar-refractivity contribution >= 4 is 17.7 Å². The molecule has 0 bridgehead atoms. The molecule has 0 N–H and O–H groups in total. The second kappa shape index (κ2) is 7.02. The van der Waals surface area contributed by atoms with E-state index < -0.39 is 0 Å². The fourth-order valence-electron chi connectivity index (χ4n) is 4.56. The van der Waals surface area contributed by atoms with Crippen molar-refractivity contribution < 1.29 is 14.4 Å². The topological polar surface area (TPSA) is 57.7 Å². The molecule has 3 amide bonds. The zero-order valence-corrected chi connectivity index (χ0v) is 14.1. The van der Waals surface area contributed by atoms with Crippen LogP contribution in [0.2, 0.25) is 0 Å². The lowest BCUT2D eigenvalue weighted by atomic mass is 9.81. The van der Waals surface area contributed by atoms with Gasteiger partial charge in [-0.25, -0.2) is 0 Å². The normalized spacial score (nSPS) is 31.4. The summed E-state index contributed by atoms with van der Waals surface area (Å²) < 4.78 is 0. The number of likely N-dealkylation sites (tertiary alicyclic amines) is 2. The van der Waals surface area contributed by atoms with Crippen LogP contribution in [0.25, 0.3) is 0 Å². The minimum atomic E-state index is -0.107. The lowest BCUT2D eigenvalue weighted by Crippen LogP contribution is -2.45. The van der Waals surface area contributed by atoms with Crippen molar-refractivity contribution in [3.8, 4) is 0 Å². The van der Waals surface area contributed by atoms with Crippen LogP contribution in [-0.2, 0) is 14.4 Å². The van der Waals surface area contributed by atoms with Gasteiger partial charge in [0, 0.05) is 25.6 Å². The molecule has 2 saturated heterocycles. The minimum absolute atomic E-state index is 0.0295. The standard InChI is InChI=1S/C18H28N2O3/c1-2-13-7-5-6-11-19(13)16(21)10-12-20-17(22)14-8-3-4-9-15(14)18(20)23/h13-15H,2-12H2,1H3. The maximum atomic E-state index is 12.5. The molecule has 5 nitrogen and oxygen atoms in total. The smallest absolute Gasteiger partial charge is 0.233 e. The highest BCUT2D eigenvalue weighted by atomic mass is 16.2. The second-order valence-electron chi connectivity index (χ2n) is 7.22. The first-order valence-corrected chi connectivity index (χ1v) is 9.28. The van der Waals surface area contributed by atoms with Gasteiger partial charge in [0.1, 0.15) is 0 Å². The van der Waals surface area contributed by atoms with Gasteiger partial charge >= 0.3 is 0 Å². The fourth-order valence-corrected chi connectivity index (χ4v) is 4.56. The number of carbonyl (C=O) groups excluding carboxylic acids is 3. The van der Waals surface area contributed by atoms with Crippen molar-refractivity contribution in [2.45, 2.75) is 70.8 Å². The van der Waals surface area contributed by atoms with Gasteiger partial charge in [-0.05, 0) is 38.5 Å². The molecule has 3 rings (SSSR count). The summed E-state index contributed by atoms with van der Waals surface area (Å²) in [5.74, 6) is -0.169. The maximum Gasteiger partial charge on any atom is 0.233 e. The molecule has 5 heteroatoms. The van der Waals surface area contributed by atoms with Crippen LogP contribution >= 0.6 is 0 Å². The van der Waals surface area contributed by atoms with Crippen LogP contribution in [0.3, 0.4) is 0 Å². The van der Waals surface area contributed by atoms with Gasteiger partial charge in [0.15, 0.2) is 0 Å². The summed E-state index contributed by atoms with van der Waals surface area (Å²) in [6.07, 6.45) is 8.35. The first-order chi connectivity index (χ1) is 11.1. The number of hydrogen-bond acceptors (Lipinski definition) is 3. The molecule has 0 aromatic carbocycles. The summed E-state index contributed by atoms with van der Waals surface area (Å²) in [5.41, 5.74) is 0. The summed E-state index contributed by atoms with van der Waals surface area (Å²) in [6, 6.07) is 0.337. The Morgan fingerprint density at radius 2 is 1.61 bits per heavy atom. The third-order valence-electron chi connectivity index (χ3n) is 5.90. The molecule has 128 valence electrons. The number of rotatable bonds is 4. The monoisotopic (exact) mass is 320 g/mol.